The number of pyridine rings is 1. The molecule has 0 unspecified atom stereocenters. The number of nitrogens with one attached hydrogen (secondary N) is 1. The first kappa shape index (κ1) is 64.8. The molecule has 6 aromatic rings. The molecule has 0 spiro atoms. The predicted molar refractivity (Wildman–Crippen MR) is 346 cm³/mol. The molecular weight excluding hydrogens is 1200 g/mol. The molecule has 0 radical (unpaired) electrons. The molecule has 0 saturated carbocycles. The molecule has 6 heterocycles. The number of benzene rings is 4. The molecule has 4 aliphatic heterocycles. The molecule has 2 aromatic heterocycles. The third kappa shape index (κ3) is 13.0. The summed E-state index contributed by atoms with van der Waals surface area (Å²) in [5.74, 6) is 0.525. The van der Waals surface area contributed by atoms with E-state index >= 15 is 4.79 Å². The average molecular weight is 1280 g/mol. The molecule has 5 aliphatic rings. The summed E-state index contributed by atoms with van der Waals surface area (Å²) in [6.45, 7) is 18.1. The third-order valence-electron chi connectivity index (χ3n) is 18.1. The number of carbonyl (C=O) groups excluding carboxylic acids is 3. The van der Waals surface area contributed by atoms with Crippen LogP contribution in [0.15, 0.2) is 96.1 Å². The van der Waals surface area contributed by atoms with Gasteiger partial charge < -0.3 is 49.4 Å². The van der Waals surface area contributed by atoms with Crippen molar-refractivity contribution in [2.45, 2.75) is 89.5 Å². The Morgan fingerprint density at radius 3 is 2.23 bits per heavy atom. The van der Waals surface area contributed by atoms with E-state index in [4.69, 9.17) is 57.6 Å². The van der Waals surface area contributed by atoms with Crippen LogP contribution in [0.25, 0.3) is 11.1 Å². The van der Waals surface area contributed by atoms with Crippen molar-refractivity contribution in [3.8, 4) is 22.9 Å². The maximum atomic E-state index is 15.4. The number of nitriles is 1. The van der Waals surface area contributed by atoms with Crippen molar-refractivity contribution in [2.75, 3.05) is 123 Å². The molecule has 4 amide bonds. The van der Waals surface area contributed by atoms with Crippen molar-refractivity contribution in [3.63, 3.8) is 0 Å². The first-order valence-corrected chi connectivity index (χ1v) is 32.0. The summed E-state index contributed by atoms with van der Waals surface area (Å²) in [4.78, 5) is 62.3. The molecule has 3 N–H and O–H groups in total. The van der Waals surface area contributed by atoms with Crippen molar-refractivity contribution in [2.24, 2.45) is 4.99 Å². The van der Waals surface area contributed by atoms with Crippen molar-refractivity contribution in [1.29, 1.82) is 5.26 Å². The zero-order valence-corrected chi connectivity index (χ0v) is 54.0. The lowest BCUT2D eigenvalue weighted by molar-refractivity contribution is -0.122. The first-order valence-electron chi connectivity index (χ1n) is 31.3. The fourth-order valence-corrected chi connectivity index (χ4v) is 13.7. The molecule has 20 nitrogen and oxygen atoms in total. The third-order valence-corrected chi connectivity index (χ3v) is 18.5. The second-order valence-corrected chi connectivity index (χ2v) is 25.6. The van der Waals surface area contributed by atoms with Gasteiger partial charge in [-0.05, 0) is 121 Å². The number of fused-ring (bicyclic) bond motifs is 12. The van der Waals surface area contributed by atoms with Gasteiger partial charge in [-0.15, -0.1) is 0 Å². The van der Waals surface area contributed by atoms with E-state index < -0.39 is 16.9 Å². The summed E-state index contributed by atoms with van der Waals surface area (Å²) in [6.07, 6.45) is 3.21. The van der Waals surface area contributed by atoms with Crippen LogP contribution in [0.3, 0.4) is 0 Å². The summed E-state index contributed by atoms with van der Waals surface area (Å²) in [5.41, 5.74) is 12.6. The van der Waals surface area contributed by atoms with Crippen molar-refractivity contribution >= 4 is 58.4 Å². The van der Waals surface area contributed by atoms with Crippen molar-refractivity contribution in [3.05, 3.63) is 157 Å². The van der Waals surface area contributed by atoms with Crippen LogP contribution in [0, 0.1) is 17.1 Å². The fourth-order valence-electron chi connectivity index (χ4n) is 13.4. The van der Waals surface area contributed by atoms with Crippen LogP contribution in [0.4, 0.5) is 20.7 Å². The Balaban J connectivity index is 0.594. The second kappa shape index (κ2) is 27.6. The van der Waals surface area contributed by atoms with Gasteiger partial charge in [0.05, 0.1) is 95.5 Å². The van der Waals surface area contributed by atoms with E-state index in [1.807, 2.05) is 71.3 Å². The molecule has 11 rings (SSSR count). The number of urea groups is 1. The number of aromatic nitrogens is 3. The van der Waals surface area contributed by atoms with Gasteiger partial charge in [0.1, 0.15) is 40.4 Å². The summed E-state index contributed by atoms with van der Waals surface area (Å²) < 4.78 is 45.9. The molecule has 480 valence electrons. The number of anilines is 2. The Labute approximate surface area is 540 Å². The van der Waals surface area contributed by atoms with Gasteiger partial charge in [0.25, 0.3) is 5.91 Å². The lowest BCUT2D eigenvalue weighted by atomic mass is 9.54. The number of amides is 4. The number of rotatable bonds is 22. The van der Waals surface area contributed by atoms with Crippen LogP contribution in [0.2, 0.25) is 10.0 Å². The summed E-state index contributed by atoms with van der Waals surface area (Å²) >= 11 is 13.2. The summed E-state index contributed by atoms with van der Waals surface area (Å²) in [5, 5.41) is 19.1. The summed E-state index contributed by atoms with van der Waals surface area (Å²) in [7, 11) is 1.66. The fraction of sp³-hybridized carbons (Fsp3) is 0.456. The number of ether oxygens (including phenoxy) is 5. The highest BCUT2D eigenvalue weighted by Crippen LogP contribution is 2.66. The number of nitrogen functional groups attached to an aromatic ring is 1. The number of piperazine rings is 1. The van der Waals surface area contributed by atoms with Gasteiger partial charge >= 0.3 is 6.03 Å². The van der Waals surface area contributed by atoms with E-state index in [2.05, 4.69) is 71.1 Å². The lowest BCUT2D eigenvalue weighted by Crippen LogP contribution is -2.66. The SMILES string of the molecule is CCOc1cc(C(C)(C)C)ccc1C1=N[C@]2(c3ccc(Cl)cc3)c3cc(Cl)ccc3[C@@]2(C)N1C(=O)N1CCN(CCOCCOCCOCCOCCC(=O)NCCn2nc(C#N)c3c2CN(C)C(=O)c2ccc(F)cc2[C@H]2CCCN2c2cc-3cnc2N)CC1. The van der Waals surface area contributed by atoms with Crippen LogP contribution in [-0.4, -0.2) is 170 Å². The zero-order valence-electron chi connectivity index (χ0n) is 52.5. The Hall–Kier alpha value is -7.68. The van der Waals surface area contributed by atoms with Gasteiger partial charge in [-0.2, -0.15) is 10.4 Å². The molecule has 4 aromatic carbocycles. The molecule has 23 heteroatoms. The largest absolute Gasteiger partial charge is 0.493 e. The van der Waals surface area contributed by atoms with E-state index in [-0.39, 0.29) is 73.5 Å². The smallest absolute Gasteiger partial charge is 0.326 e. The number of hydrogen-bond donors (Lipinski definition) is 2. The average Bonchev–Trinajstić information content (AvgIpc) is 1.58. The highest BCUT2D eigenvalue weighted by molar-refractivity contribution is 6.31. The van der Waals surface area contributed by atoms with Gasteiger partial charge in [0.2, 0.25) is 5.91 Å². The quantitative estimate of drug-likeness (QED) is 0.0605. The van der Waals surface area contributed by atoms with E-state index in [1.54, 1.807) is 17.9 Å². The number of hydrogen-bond acceptors (Lipinski definition) is 15. The normalized spacial score (nSPS) is 19.5. The number of carbonyl (C=O) groups is 3. The highest BCUT2D eigenvalue weighted by atomic mass is 35.5. The van der Waals surface area contributed by atoms with E-state index in [0.29, 0.717) is 154 Å². The van der Waals surface area contributed by atoms with Crippen molar-refractivity contribution in [1.82, 2.24) is 39.7 Å². The van der Waals surface area contributed by atoms with E-state index in [1.165, 1.54) is 23.1 Å². The minimum absolute atomic E-state index is 0.0682. The van der Waals surface area contributed by atoms with Crippen LogP contribution in [0.5, 0.6) is 5.75 Å². The van der Waals surface area contributed by atoms with Crippen LogP contribution in [0.1, 0.15) is 115 Å². The van der Waals surface area contributed by atoms with E-state index in [9.17, 15) is 19.2 Å². The first-order chi connectivity index (χ1) is 43.9. The van der Waals surface area contributed by atoms with Crippen LogP contribution in [-0.2, 0) is 53.3 Å². The van der Waals surface area contributed by atoms with Gasteiger partial charge in [-0.25, -0.2) is 19.2 Å². The molecule has 1 aliphatic carbocycles. The Morgan fingerprint density at radius 1 is 0.835 bits per heavy atom. The molecule has 2 saturated heterocycles. The molecular formula is C68H79Cl2FN12O8. The number of aliphatic imine (C=N–C) groups is 1. The lowest BCUT2D eigenvalue weighted by Gasteiger charge is -2.56. The highest BCUT2D eigenvalue weighted by Gasteiger charge is 2.71. The Morgan fingerprint density at radius 2 is 1.53 bits per heavy atom. The number of amidine groups is 1. The molecule has 2 fully saturated rings. The second-order valence-electron chi connectivity index (χ2n) is 24.7. The van der Waals surface area contributed by atoms with Gasteiger partial charge in [0, 0.05) is 92.2 Å². The molecule has 91 heavy (non-hydrogen) atoms. The Bertz CT molecular complexity index is 3750. The van der Waals surface area contributed by atoms with Gasteiger partial charge in [-0.1, -0.05) is 68.2 Å². The minimum Gasteiger partial charge on any atom is -0.493 e. The number of nitrogens with two attached hydrogens (primary N) is 1. The maximum absolute atomic E-state index is 15.4. The monoisotopic (exact) mass is 1280 g/mol. The predicted octanol–water partition coefficient (Wildman–Crippen LogP) is 9.71. The standard InChI is InChI=1S/C68H79Cl2FN12O8/c1-7-91-59-38-46(66(2,3)4)12-17-51(59)63-76-68(45-10-13-47(69)14-11-45)54-39-48(70)15-19-53(54)67(68,5)83(63)65(86)80-26-24-79(25-27-80)28-30-88-32-34-90-36-35-89-33-31-87-29-20-60(84)74-21-23-82-58-43-78(6)64(85)50-18-16-49(71)40-52(50)56-9-8-22-81(56)57-37-44(42-75-62(57)73)61(58)55(41-72)77-82/h10-19,37-40,42,56H,7-9,20-36,43H2,1-6H3,(H2,73,75)(H,74,84)/t56-,67-,68-/m1/s1. The van der Waals surface area contributed by atoms with Crippen molar-refractivity contribution < 1.29 is 42.5 Å². The van der Waals surface area contributed by atoms with Gasteiger partial charge in [-0.3, -0.25) is 24.1 Å². The van der Waals surface area contributed by atoms with E-state index in [0.717, 1.165) is 34.2 Å². The van der Waals surface area contributed by atoms with Crippen LogP contribution < -0.4 is 20.7 Å². The summed E-state index contributed by atoms with van der Waals surface area (Å²) in [6, 6.07) is 27.7. The molecule has 2 bridgehead atoms. The number of nitrogens with zero attached hydrogens (tertiary/aromatic N) is 10. The van der Waals surface area contributed by atoms with Crippen LogP contribution >= 0.6 is 23.2 Å². The topological polar surface area (TPSA) is 218 Å². The zero-order chi connectivity index (χ0) is 64.2. The number of halogens is 3. The molecule has 3 atom stereocenters. The minimum atomic E-state index is -0.970. The maximum Gasteiger partial charge on any atom is 0.326 e. The Kier molecular flexibility index (Phi) is 19.7. The van der Waals surface area contributed by atoms with Gasteiger partial charge in [0.15, 0.2) is 5.69 Å².